The second-order valence-electron chi connectivity index (χ2n) is 8.15. The molecule has 1 fully saturated rings. The van der Waals surface area contributed by atoms with Gasteiger partial charge in [0.2, 0.25) is 0 Å². The van der Waals surface area contributed by atoms with E-state index in [1.165, 1.54) is 19.3 Å². The highest BCUT2D eigenvalue weighted by Crippen LogP contribution is 2.35. The second kappa shape index (κ2) is 10.7. The van der Waals surface area contributed by atoms with Crippen molar-refractivity contribution in [2.75, 3.05) is 0 Å². The summed E-state index contributed by atoms with van der Waals surface area (Å²) in [6, 6.07) is 10.9. The Labute approximate surface area is 172 Å². The standard InChI is InChI=1S/C26H31F3/c1-2-3-4-5-6-7-8-22-15-18-24(26(29)25(22)28)21-11-9-19(10-12-21)20-13-16-23(27)17-14-20/h7-12,15,18,20,23H,2-6,13-14,16-17H2,1H3. The van der Waals surface area contributed by atoms with E-state index in [-0.39, 0.29) is 5.56 Å². The molecule has 3 heteroatoms. The van der Waals surface area contributed by atoms with Crippen molar-refractivity contribution in [2.24, 2.45) is 0 Å². The number of rotatable bonds is 8. The summed E-state index contributed by atoms with van der Waals surface area (Å²) in [7, 11) is 0. The summed E-state index contributed by atoms with van der Waals surface area (Å²) >= 11 is 0. The molecule has 0 N–H and O–H groups in total. The van der Waals surface area contributed by atoms with Gasteiger partial charge in [-0.3, -0.25) is 0 Å². The lowest BCUT2D eigenvalue weighted by atomic mass is 9.83. The van der Waals surface area contributed by atoms with Crippen LogP contribution in [0.5, 0.6) is 0 Å². The van der Waals surface area contributed by atoms with Crippen LogP contribution in [0.4, 0.5) is 13.2 Å². The molecule has 2 aromatic carbocycles. The fraction of sp³-hybridized carbons (Fsp3) is 0.462. The number of hydrogen-bond donors (Lipinski definition) is 0. The number of alkyl halides is 1. The van der Waals surface area contributed by atoms with Crippen LogP contribution in [0.2, 0.25) is 0 Å². The van der Waals surface area contributed by atoms with Gasteiger partial charge in [0.25, 0.3) is 0 Å². The molecular formula is C26H31F3. The van der Waals surface area contributed by atoms with Crippen molar-refractivity contribution in [3.05, 3.63) is 65.2 Å². The van der Waals surface area contributed by atoms with Gasteiger partial charge in [-0.2, -0.15) is 0 Å². The predicted molar refractivity (Wildman–Crippen MR) is 116 cm³/mol. The molecule has 0 spiro atoms. The summed E-state index contributed by atoms with van der Waals surface area (Å²) in [5, 5.41) is 0. The van der Waals surface area contributed by atoms with Gasteiger partial charge < -0.3 is 0 Å². The molecule has 29 heavy (non-hydrogen) atoms. The molecule has 0 nitrogen and oxygen atoms in total. The van der Waals surface area contributed by atoms with Gasteiger partial charge in [-0.25, -0.2) is 13.2 Å². The van der Waals surface area contributed by atoms with Gasteiger partial charge in [-0.05, 0) is 55.6 Å². The number of halogens is 3. The van der Waals surface area contributed by atoms with Crippen LogP contribution >= 0.6 is 0 Å². The Bertz CT molecular complexity index is 799. The Morgan fingerprint density at radius 3 is 2.28 bits per heavy atom. The van der Waals surface area contributed by atoms with Crippen molar-refractivity contribution in [1.29, 1.82) is 0 Å². The van der Waals surface area contributed by atoms with E-state index in [2.05, 4.69) is 6.92 Å². The highest BCUT2D eigenvalue weighted by Gasteiger charge is 2.22. The summed E-state index contributed by atoms with van der Waals surface area (Å²) in [5.41, 5.74) is 2.39. The van der Waals surface area contributed by atoms with Gasteiger partial charge in [0.15, 0.2) is 11.6 Å². The molecule has 3 rings (SSSR count). The first-order chi connectivity index (χ1) is 14.1. The van der Waals surface area contributed by atoms with Crippen molar-refractivity contribution < 1.29 is 13.2 Å². The minimum atomic E-state index is -0.802. The van der Waals surface area contributed by atoms with E-state index in [0.717, 1.165) is 31.2 Å². The first kappa shape index (κ1) is 21.7. The largest absolute Gasteiger partial charge is 0.247 e. The molecule has 156 valence electrons. The molecule has 0 heterocycles. The van der Waals surface area contributed by atoms with Crippen molar-refractivity contribution in [3.63, 3.8) is 0 Å². The number of unbranched alkanes of at least 4 members (excludes halogenated alkanes) is 4. The molecular weight excluding hydrogens is 369 g/mol. The topological polar surface area (TPSA) is 0 Å². The van der Waals surface area contributed by atoms with Crippen LogP contribution in [0.1, 0.15) is 81.8 Å². The first-order valence-corrected chi connectivity index (χ1v) is 11.0. The normalized spacial score (nSPS) is 19.7. The Morgan fingerprint density at radius 2 is 1.59 bits per heavy atom. The third-order valence-electron chi connectivity index (χ3n) is 5.98. The van der Waals surface area contributed by atoms with Crippen LogP contribution in [0.3, 0.4) is 0 Å². The van der Waals surface area contributed by atoms with Gasteiger partial charge in [0.1, 0.15) is 6.17 Å². The number of benzene rings is 2. The molecule has 0 radical (unpaired) electrons. The molecule has 0 unspecified atom stereocenters. The van der Waals surface area contributed by atoms with Crippen molar-refractivity contribution in [2.45, 2.75) is 76.8 Å². The van der Waals surface area contributed by atoms with Crippen molar-refractivity contribution >= 4 is 6.08 Å². The van der Waals surface area contributed by atoms with Crippen LogP contribution in [0.15, 0.2) is 42.5 Å². The summed E-state index contributed by atoms with van der Waals surface area (Å²) in [4.78, 5) is 0. The summed E-state index contributed by atoms with van der Waals surface area (Å²) < 4.78 is 42.5. The molecule has 0 amide bonds. The Morgan fingerprint density at radius 1 is 0.862 bits per heavy atom. The summed E-state index contributed by atoms with van der Waals surface area (Å²) in [6.45, 7) is 2.17. The van der Waals surface area contributed by atoms with E-state index in [9.17, 15) is 13.2 Å². The monoisotopic (exact) mass is 400 g/mol. The fourth-order valence-corrected chi connectivity index (χ4v) is 4.14. The average molecular weight is 401 g/mol. The minimum absolute atomic E-state index is 0.279. The lowest BCUT2D eigenvalue weighted by Crippen LogP contribution is -2.13. The number of allylic oxidation sites excluding steroid dienone is 1. The maximum Gasteiger partial charge on any atom is 0.167 e. The van der Waals surface area contributed by atoms with Crippen molar-refractivity contribution in [1.82, 2.24) is 0 Å². The Hall–Kier alpha value is -2.03. The van der Waals surface area contributed by atoms with E-state index in [0.29, 0.717) is 29.9 Å². The van der Waals surface area contributed by atoms with Gasteiger partial charge in [-0.15, -0.1) is 0 Å². The molecule has 1 aliphatic carbocycles. The van der Waals surface area contributed by atoms with E-state index < -0.39 is 17.8 Å². The third kappa shape index (κ3) is 5.74. The quantitative estimate of drug-likeness (QED) is 0.389. The zero-order chi connectivity index (χ0) is 20.6. The van der Waals surface area contributed by atoms with Gasteiger partial charge >= 0.3 is 0 Å². The van der Waals surface area contributed by atoms with Gasteiger partial charge in [0.05, 0.1) is 0 Å². The maximum absolute atomic E-state index is 14.7. The SMILES string of the molecule is CCCCCCC=Cc1ccc(-c2ccc(C3CCC(F)CC3)cc2)c(F)c1F. The Balaban J connectivity index is 1.67. The van der Waals surface area contributed by atoms with E-state index >= 15 is 0 Å². The Kier molecular flexibility index (Phi) is 7.97. The molecule has 1 aliphatic rings. The molecule has 0 aromatic heterocycles. The van der Waals surface area contributed by atoms with Crippen LogP contribution in [-0.2, 0) is 0 Å². The van der Waals surface area contributed by atoms with Gasteiger partial charge in [-0.1, -0.05) is 74.7 Å². The molecule has 0 saturated heterocycles. The molecule has 0 atom stereocenters. The smallest absolute Gasteiger partial charge is 0.167 e. The molecule has 1 saturated carbocycles. The van der Waals surface area contributed by atoms with Crippen LogP contribution in [-0.4, -0.2) is 6.17 Å². The fourth-order valence-electron chi connectivity index (χ4n) is 4.14. The second-order valence-corrected chi connectivity index (χ2v) is 8.15. The van der Waals surface area contributed by atoms with Crippen LogP contribution in [0.25, 0.3) is 17.2 Å². The molecule has 0 bridgehead atoms. The van der Waals surface area contributed by atoms with E-state index in [1.807, 2.05) is 30.3 Å². The van der Waals surface area contributed by atoms with Crippen LogP contribution in [0, 0.1) is 11.6 Å². The summed E-state index contributed by atoms with van der Waals surface area (Å²) in [5.74, 6) is -1.23. The van der Waals surface area contributed by atoms with Gasteiger partial charge in [0, 0.05) is 11.1 Å². The number of hydrogen-bond acceptors (Lipinski definition) is 0. The lowest BCUT2D eigenvalue weighted by molar-refractivity contribution is 0.235. The predicted octanol–water partition coefficient (Wildman–Crippen LogP) is 8.61. The first-order valence-electron chi connectivity index (χ1n) is 11.0. The summed E-state index contributed by atoms with van der Waals surface area (Å²) in [6.07, 6.45) is 11.4. The van der Waals surface area contributed by atoms with E-state index in [4.69, 9.17) is 0 Å². The van der Waals surface area contributed by atoms with E-state index in [1.54, 1.807) is 18.2 Å². The third-order valence-corrected chi connectivity index (χ3v) is 5.98. The molecule has 0 aliphatic heterocycles. The zero-order valence-electron chi connectivity index (χ0n) is 17.3. The average Bonchev–Trinajstić information content (AvgIpc) is 2.74. The lowest BCUT2D eigenvalue weighted by Gasteiger charge is -2.24. The maximum atomic E-state index is 14.7. The zero-order valence-corrected chi connectivity index (χ0v) is 17.3. The highest BCUT2D eigenvalue weighted by molar-refractivity contribution is 5.67. The molecule has 2 aromatic rings. The van der Waals surface area contributed by atoms with Crippen molar-refractivity contribution in [3.8, 4) is 11.1 Å². The minimum Gasteiger partial charge on any atom is -0.247 e. The highest BCUT2D eigenvalue weighted by atomic mass is 19.2. The van der Waals surface area contributed by atoms with Crippen LogP contribution < -0.4 is 0 Å².